The zero-order valence-corrected chi connectivity index (χ0v) is 31.7. The number of sulfone groups is 1. The third kappa shape index (κ3) is 8.52. The zero-order valence-electron chi connectivity index (χ0n) is 30.9. The number of hydrogen-bond donors (Lipinski definition) is 4. The molecule has 2 aliphatic carbocycles. The predicted molar refractivity (Wildman–Crippen MR) is 193 cm³/mol. The van der Waals surface area contributed by atoms with Crippen LogP contribution in [-0.4, -0.2) is 105 Å². The van der Waals surface area contributed by atoms with Crippen molar-refractivity contribution in [3.05, 3.63) is 41.7 Å². The number of ketones is 1. The summed E-state index contributed by atoms with van der Waals surface area (Å²) >= 11 is 0. The number of carbonyl (C=O) groups is 5. The lowest BCUT2D eigenvalue weighted by molar-refractivity contribution is -0.145. The third-order valence-corrected chi connectivity index (χ3v) is 13.6. The summed E-state index contributed by atoms with van der Waals surface area (Å²) in [6, 6.07) is 2.84. The number of nitrogens with one attached hydrogen (secondary N) is 2. The molecule has 2 unspecified atom stereocenters. The molecular formula is C37H51N7O9S. The van der Waals surface area contributed by atoms with E-state index in [-0.39, 0.29) is 48.8 Å². The van der Waals surface area contributed by atoms with Gasteiger partial charge in [0.1, 0.15) is 23.2 Å². The van der Waals surface area contributed by atoms with Gasteiger partial charge in [-0.2, -0.15) is 0 Å². The highest BCUT2D eigenvalue weighted by Gasteiger charge is 2.49. The first-order valence-electron chi connectivity index (χ1n) is 18.9. The number of Topliss-reactive ketones (excluding diaryl/α,β-unsaturated/α-hetero) is 1. The molecule has 0 spiro atoms. The number of carbonyl (C=O) groups excluding carboxylic acids is 5. The smallest absolute Gasteiger partial charge is 0.287 e. The minimum atomic E-state index is -3.46. The number of hydrogen-bond acceptors (Lipinski definition) is 11. The lowest BCUT2D eigenvalue weighted by Crippen LogP contribution is -2.62. The Morgan fingerprint density at radius 3 is 2.37 bits per heavy atom. The average molecular weight is 770 g/mol. The minimum absolute atomic E-state index is 0.0116. The molecule has 4 amide bonds. The molecule has 6 rings (SSSR count). The highest BCUT2D eigenvalue weighted by molar-refractivity contribution is 7.92. The summed E-state index contributed by atoms with van der Waals surface area (Å²) in [6.45, 7) is 3.54. The average Bonchev–Trinajstić information content (AvgIpc) is 3.80. The number of aliphatic hydroxyl groups is 1. The Labute approximate surface area is 314 Å². The molecule has 294 valence electrons. The maximum Gasteiger partial charge on any atom is 0.287 e. The summed E-state index contributed by atoms with van der Waals surface area (Å²) in [6.07, 6.45) is 8.26. The summed E-state index contributed by atoms with van der Waals surface area (Å²) in [5, 5.41) is 24.4. The molecule has 17 heteroatoms. The van der Waals surface area contributed by atoms with Crippen LogP contribution in [0.1, 0.15) is 113 Å². The summed E-state index contributed by atoms with van der Waals surface area (Å²) in [5.74, 6) is -3.78. The first-order chi connectivity index (χ1) is 25.6. The molecule has 5 N–H and O–H groups in total. The van der Waals surface area contributed by atoms with E-state index < -0.39 is 73.8 Å². The number of nitrogens with zero attached hydrogens (tertiary/aromatic N) is 4. The van der Waals surface area contributed by atoms with Crippen LogP contribution in [0.25, 0.3) is 0 Å². The van der Waals surface area contributed by atoms with Gasteiger partial charge in [0.15, 0.2) is 9.84 Å². The van der Waals surface area contributed by atoms with Gasteiger partial charge in [-0.05, 0) is 76.1 Å². The van der Waals surface area contributed by atoms with Crippen molar-refractivity contribution < 1.29 is 42.2 Å². The van der Waals surface area contributed by atoms with E-state index in [9.17, 15) is 37.5 Å². The number of nitrogens with two attached hydrogens (primary N) is 1. The zero-order chi connectivity index (χ0) is 38.8. The Balaban J connectivity index is 1.31. The van der Waals surface area contributed by atoms with E-state index in [1.807, 2.05) is 0 Å². The van der Waals surface area contributed by atoms with Crippen LogP contribution in [0.5, 0.6) is 0 Å². The van der Waals surface area contributed by atoms with Gasteiger partial charge in [0.25, 0.3) is 11.8 Å². The van der Waals surface area contributed by atoms with Crippen molar-refractivity contribution in [3.8, 4) is 0 Å². The van der Waals surface area contributed by atoms with Crippen LogP contribution in [0.2, 0.25) is 0 Å². The van der Waals surface area contributed by atoms with Gasteiger partial charge < -0.3 is 31.1 Å². The van der Waals surface area contributed by atoms with Gasteiger partial charge in [-0.25, -0.2) is 13.1 Å². The molecule has 4 atom stereocenters. The van der Waals surface area contributed by atoms with Crippen molar-refractivity contribution in [3.63, 3.8) is 0 Å². The predicted octanol–water partition coefficient (Wildman–Crippen LogP) is 1.46. The molecule has 3 heterocycles. The lowest BCUT2D eigenvalue weighted by atomic mass is 9.84. The van der Waals surface area contributed by atoms with Gasteiger partial charge in [-0.1, -0.05) is 37.3 Å². The van der Waals surface area contributed by atoms with Crippen LogP contribution in [-0.2, 0) is 39.4 Å². The number of aromatic nitrogens is 3. The number of benzene rings is 1. The number of likely N-dealkylation sites (tertiary alicyclic amines) is 1. The van der Waals surface area contributed by atoms with E-state index in [0.29, 0.717) is 38.0 Å². The Morgan fingerprint density at radius 1 is 1.02 bits per heavy atom. The number of primary amides is 1. The molecule has 2 saturated heterocycles. The van der Waals surface area contributed by atoms with Gasteiger partial charge in [-0.15, -0.1) is 5.10 Å². The maximum absolute atomic E-state index is 14.8. The van der Waals surface area contributed by atoms with Crippen LogP contribution in [0, 0.1) is 5.92 Å². The van der Waals surface area contributed by atoms with Crippen molar-refractivity contribution in [2.24, 2.45) is 11.7 Å². The largest absolute Gasteiger partial charge is 0.384 e. The van der Waals surface area contributed by atoms with Crippen LogP contribution in [0.3, 0.4) is 0 Å². The Kier molecular flexibility index (Phi) is 11.6. The first-order valence-corrected chi connectivity index (χ1v) is 20.5. The van der Waals surface area contributed by atoms with E-state index in [0.717, 1.165) is 32.1 Å². The van der Waals surface area contributed by atoms with Gasteiger partial charge in [0.05, 0.1) is 28.1 Å². The molecule has 1 aromatic heterocycles. The van der Waals surface area contributed by atoms with Crippen molar-refractivity contribution in [2.75, 3.05) is 19.8 Å². The van der Waals surface area contributed by atoms with E-state index in [4.69, 9.17) is 10.5 Å². The molecule has 16 nitrogen and oxygen atoms in total. The number of rotatable bonds is 13. The van der Waals surface area contributed by atoms with Crippen molar-refractivity contribution in [1.82, 2.24) is 30.5 Å². The Bertz CT molecular complexity index is 1840. The molecule has 1 aromatic carbocycles. The Hall–Kier alpha value is -4.22. The highest BCUT2D eigenvalue weighted by Crippen LogP contribution is 2.35. The van der Waals surface area contributed by atoms with Gasteiger partial charge in [0, 0.05) is 38.2 Å². The number of amides is 4. The van der Waals surface area contributed by atoms with Crippen LogP contribution in [0.4, 0.5) is 0 Å². The van der Waals surface area contributed by atoms with Gasteiger partial charge in [-0.3, -0.25) is 24.0 Å². The van der Waals surface area contributed by atoms with Crippen LogP contribution < -0.4 is 16.4 Å². The SMILES string of the molecule is CC(C)(O)c1cnnn1[C@H]1C[C@@H](C(=O)NC2(C(=O)C(N)=O)CCCOCC2)N(C(=O)C(CC2CCCCC2)NC(=O)c2ccc(S(=O)(=O)C3CC3)cc2)C1. The van der Waals surface area contributed by atoms with Crippen molar-refractivity contribution in [1.29, 1.82) is 0 Å². The molecular weight excluding hydrogens is 719 g/mol. The Morgan fingerprint density at radius 2 is 1.72 bits per heavy atom. The topological polar surface area (TPSA) is 233 Å². The molecule has 4 fully saturated rings. The van der Waals surface area contributed by atoms with Gasteiger partial charge >= 0.3 is 0 Å². The monoisotopic (exact) mass is 769 g/mol. The standard InChI is InChI=1S/C37H51N7O9S/c1-36(2,50)30-21-39-42-44(30)25-20-29(34(48)41-37(31(45)32(38)46)15-6-17-53-18-16-37)43(22-25)35(49)28(19-23-7-4-3-5-8-23)40-33(47)24-9-11-26(12-10-24)54(51,52)27-13-14-27/h9-12,21,23,25,27-29,50H,3-8,13-20,22H2,1-2H3,(H2,38,46)(H,40,47)(H,41,48)/t25-,28?,29-,37?/m0/s1. The highest BCUT2D eigenvalue weighted by atomic mass is 32.2. The summed E-state index contributed by atoms with van der Waals surface area (Å²) in [5.41, 5.74) is 3.01. The summed E-state index contributed by atoms with van der Waals surface area (Å²) in [7, 11) is -3.46. The van der Waals surface area contributed by atoms with E-state index in [2.05, 4.69) is 20.9 Å². The quantitative estimate of drug-likeness (QED) is 0.213. The van der Waals surface area contributed by atoms with Gasteiger partial charge in [0.2, 0.25) is 17.6 Å². The van der Waals surface area contributed by atoms with E-state index >= 15 is 0 Å². The first kappa shape index (κ1) is 39.5. The summed E-state index contributed by atoms with van der Waals surface area (Å²) < 4.78 is 32.6. The minimum Gasteiger partial charge on any atom is -0.384 e. The van der Waals surface area contributed by atoms with Crippen LogP contribution in [0.15, 0.2) is 35.4 Å². The molecule has 0 bridgehead atoms. The van der Waals surface area contributed by atoms with Crippen LogP contribution >= 0.6 is 0 Å². The second-order valence-corrected chi connectivity index (χ2v) is 18.0. The molecule has 2 aliphatic heterocycles. The third-order valence-electron chi connectivity index (χ3n) is 11.3. The van der Waals surface area contributed by atoms with Crippen molar-refractivity contribution in [2.45, 2.75) is 130 Å². The second-order valence-electron chi connectivity index (χ2n) is 15.8. The summed E-state index contributed by atoms with van der Waals surface area (Å²) in [4.78, 5) is 70.0. The second kappa shape index (κ2) is 15.9. The molecule has 54 heavy (non-hydrogen) atoms. The fourth-order valence-corrected chi connectivity index (χ4v) is 9.79. The number of ether oxygens (including phenoxy) is 1. The van der Waals surface area contributed by atoms with Crippen molar-refractivity contribution >= 4 is 39.2 Å². The molecule has 0 radical (unpaired) electrons. The van der Waals surface area contributed by atoms with E-state index in [1.165, 1.54) is 40.0 Å². The maximum atomic E-state index is 14.8. The normalized spacial score (nSPS) is 24.7. The van der Waals surface area contributed by atoms with E-state index in [1.54, 1.807) is 13.8 Å². The molecule has 2 saturated carbocycles. The fraction of sp³-hybridized carbons (Fsp3) is 0.649. The fourth-order valence-electron chi connectivity index (χ4n) is 8.13. The lowest BCUT2D eigenvalue weighted by Gasteiger charge is -2.35. The molecule has 2 aromatic rings. The molecule has 4 aliphatic rings.